The lowest BCUT2D eigenvalue weighted by Gasteiger charge is -2.11. The molecule has 0 bridgehead atoms. The fourth-order valence-electron chi connectivity index (χ4n) is 1.69. The van der Waals surface area contributed by atoms with Crippen molar-refractivity contribution in [3.05, 3.63) is 59.1 Å². The largest absolute Gasteiger partial charge is 0.493 e. The smallest absolute Gasteiger partial charge is 0.328 e. The number of carboxylic acid groups (broad SMARTS) is 1. The van der Waals surface area contributed by atoms with E-state index in [1.54, 1.807) is 37.4 Å². The lowest BCUT2D eigenvalue weighted by atomic mass is 10.2. The van der Waals surface area contributed by atoms with E-state index >= 15 is 0 Å². The Morgan fingerprint density at radius 3 is 2.48 bits per heavy atom. The summed E-state index contributed by atoms with van der Waals surface area (Å²) in [7, 11) is 1.56. The van der Waals surface area contributed by atoms with Crippen molar-refractivity contribution in [3.8, 4) is 17.2 Å². The third kappa shape index (κ3) is 4.00. The molecule has 0 fully saturated rings. The van der Waals surface area contributed by atoms with Crippen LogP contribution in [0, 0.1) is 0 Å². The van der Waals surface area contributed by atoms with Crippen molar-refractivity contribution in [2.45, 2.75) is 0 Å². The monoisotopic (exact) mass is 304 g/mol. The summed E-state index contributed by atoms with van der Waals surface area (Å²) in [6.07, 6.45) is 2.51. The van der Waals surface area contributed by atoms with Crippen LogP contribution in [0.4, 0.5) is 0 Å². The molecule has 0 aliphatic carbocycles. The van der Waals surface area contributed by atoms with E-state index in [9.17, 15) is 4.79 Å². The van der Waals surface area contributed by atoms with Crippen LogP contribution in [0.3, 0.4) is 0 Å². The van der Waals surface area contributed by atoms with E-state index in [0.717, 1.165) is 6.08 Å². The molecular formula is C16H13ClO4. The van der Waals surface area contributed by atoms with Crippen LogP contribution in [-0.4, -0.2) is 18.2 Å². The van der Waals surface area contributed by atoms with Gasteiger partial charge in [0.2, 0.25) is 0 Å². The van der Waals surface area contributed by atoms with Gasteiger partial charge in [-0.05, 0) is 35.9 Å². The molecule has 0 atom stereocenters. The number of rotatable bonds is 5. The fraction of sp³-hybridized carbons (Fsp3) is 0.0625. The van der Waals surface area contributed by atoms with Crippen LogP contribution < -0.4 is 9.47 Å². The molecule has 2 aromatic rings. The maximum atomic E-state index is 10.5. The van der Waals surface area contributed by atoms with Gasteiger partial charge in [-0.15, -0.1) is 0 Å². The molecule has 21 heavy (non-hydrogen) atoms. The first-order valence-electron chi connectivity index (χ1n) is 6.11. The van der Waals surface area contributed by atoms with Crippen LogP contribution in [0.1, 0.15) is 5.56 Å². The van der Waals surface area contributed by atoms with E-state index < -0.39 is 5.97 Å². The van der Waals surface area contributed by atoms with Crippen molar-refractivity contribution in [1.29, 1.82) is 0 Å². The highest BCUT2D eigenvalue weighted by atomic mass is 35.5. The van der Waals surface area contributed by atoms with Gasteiger partial charge in [0.25, 0.3) is 0 Å². The van der Waals surface area contributed by atoms with E-state index in [4.69, 9.17) is 26.2 Å². The molecular weight excluding hydrogens is 292 g/mol. The number of methoxy groups -OCH3 is 1. The molecule has 0 saturated carbocycles. The van der Waals surface area contributed by atoms with Gasteiger partial charge in [-0.3, -0.25) is 0 Å². The molecule has 0 spiro atoms. The molecule has 0 amide bonds. The van der Waals surface area contributed by atoms with E-state index in [0.29, 0.717) is 27.8 Å². The van der Waals surface area contributed by atoms with Crippen molar-refractivity contribution in [3.63, 3.8) is 0 Å². The van der Waals surface area contributed by atoms with Gasteiger partial charge < -0.3 is 14.6 Å². The van der Waals surface area contributed by atoms with Gasteiger partial charge in [-0.2, -0.15) is 0 Å². The van der Waals surface area contributed by atoms with E-state index in [1.807, 2.05) is 12.1 Å². The lowest BCUT2D eigenvalue weighted by Crippen LogP contribution is -1.91. The van der Waals surface area contributed by atoms with Gasteiger partial charge in [0.05, 0.1) is 12.1 Å². The van der Waals surface area contributed by atoms with Gasteiger partial charge in [0.1, 0.15) is 5.75 Å². The summed E-state index contributed by atoms with van der Waals surface area (Å²) in [5.74, 6) is 0.605. The van der Waals surface area contributed by atoms with Crippen LogP contribution >= 0.6 is 11.6 Å². The van der Waals surface area contributed by atoms with Crippen molar-refractivity contribution >= 4 is 23.6 Å². The number of para-hydroxylation sites is 2. The van der Waals surface area contributed by atoms with E-state index in [-0.39, 0.29) is 0 Å². The van der Waals surface area contributed by atoms with Crippen LogP contribution in [0.15, 0.2) is 48.5 Å². The molecule has 2 rings (SSSR count). The number of hydrogen-bond acceptors (Lipinski definition) is 3. The number of halogens is 1. The predicted octanol–water partition coefficient (Wildman–Crippen LogP) is 4.24. The fourth-order valence-corrected chi connectivity index (χ4v) is 1.92. The number of carboxylic acids is 1. The van der Waals surface area contributed by atoms with Gasteiger partial charge in [-0.25, -0.2) is 4.79 Å². The van der Waals surface area contributed by atoms with Gasteiger partial charge in [0.15, 0.2) is 11.5 Å². The Kier molecular flexibility index (Phi) is 4.85. The van der Waals surface area contributed by atoms with Crippen molar-refractivity contribution in [2.24, 2.45) is 0 Å². The minimum absolute atomic E-state index is 0.383. The number of aliphatic carboxylic acids is 1. The summed E-state index contributed by atoms with van der Waals surface area (Å²) in [4.78, 5) is 10.5. The third-order valence-electron chi connectivity index (χ3n) is 2.66. The second kappa shape index (κ2) is 6.81. The molecule has 4 nitrogen and oxygen atoms in total. The standard InChI is InChI=1S/C16H13ClO4/c1-20-14-4-2-3-5-15(14)21-13-8-6-11(10-12(13)17)7-9-16(18)19/h2-10H,1H3,(H,18,19)/b9-7+. The molecule has 1 N–H and O–H groups in total. The Bertz CT molecular complexity index is 680. The highest BCUT2D eigenvalue weighted by Gasteiger charge is 2.07. The summed E-state index contributed by atoms with van der Waals surface area (Å²) < 4.78 is 10.9. The minimum atomic E-state index is -1.01. The Morgan fingerprint density at radius 1 is 1.14 bits per heavy atom. The zero-order valence-corrected chi connectivity index (χ0v) is 12.0. The predicted molar refractivity (Wildman–Crippen MR) is 81.2 cm³/mol. The first-order chi connectivity index (χ1) is 10.1. The molecule has 0 unspecified atom stereocenters. The highest BCUT2D eigenvalue weighted by molar-refractivity contribution is 6.32. The number of hydrogen-bond donors (Lipinski definition) is 1. The third-order valence-corrected chi connectivity index (χ3v) is 2.96. The second-order valence-corrected chi connectivity index (χ2v) is 4.52. The highest BCUT2D eigenvalue weighted by Crippen LogP contribution is 2.35. The summed E-state index contributed by atoms with van der Waals surface area (Å²) in [6, 6.07) is 12.3. The maximum Gasteiger partial charge on any atom is 0.328 e. The Labute approximate surface area is 127 Å². The average molecular weight is 305 g/mol. The molecule has 0 aliphatic rings. The number of carbonyl (C=O) groups is 1. The Morgan fingerprint density at radius 2 is 1.86 bits per heavy atom. The quantitative estimate of drug-likeness (QED) is 0.839. The SMILES string of the molecule is COc1ccccc1Oc1ccc(/C=C/C(=O)O)cc1Cl. The normalized spacial score (nSPS) is 10.6. The molecule has 108 valence electrons. The average Bonchev–Trinajstić information content (AvgIpc) is 2.48. The maximum absolute atomic E-state index is 10.5. The summed E-state index contributed by atoms with van der Waals surface area (Å²) in [5.41, 5.74) is 0.676. The second-order valence-electron chi connectivity index (χ2n) is 4.11. The molecule has 5 heteroatoms. The summed E-state index contributed by atoms with van der Waals surface area (Å²) in [6.45, 7) is 0. The van der Waals surface area contributed by atoms with Crippen molar-refractivity contribution < 1.29 is 19.4 Å². The first kappa shape index (κ1) is 14.9. The van der Waals surface area contributed by atoms with Crippen molar-refractivity contribution in [1.82, 2.24) is 0 Å². The molecule has 0 radical (unpaired) electrons. The van der Waals surface area contributed by atoms with Crippen LogP contribution in [0.25, 0.3) is 6.08 Å². The van der Waals surface area contributed by atoms with Crippen LogP contribution in [0.5, 0.6) is 17.2 Å². The molecule has 2 aromatic carbocycles. The van der Waals surface area contributed by atoms with E-state index in [2.05, 4.69) is 0 Å². The van der Waals surface area contributed by atoms with Gasteiger partial charge in [-0.1, -0.05) is 29.8 Å². The minimum Gasteiger partial charge on any atom is -0.493 e. The number of ether oxygens (including phenoxy) is 2. The molecule has 0 saturated heterocycles. The zero-order valence-electron chi connectivity index (χ0n) is 11.2. The number of benzene rings is 2. The van der Waals surface area contributed by atoms with Crippen molar-refractivity contribution in [2.75, 3.05) is 7.11 Å². The Balaban J connectivity index is 2.23. The van der Waals surface area contributed by atoms with Gasteiger partial charge in [0, 0.05) is 6.08 Å². The van der Waals surface area contributed by atoms with Gasteiger partial charge >= 0.3 is 5.97 Å². The lowest BCUT2D eigenvalue weighted by molar-refractivity contribution is -0.131. The van der Waals surface area contributed by atoms with Crippen LogP contribution in [-0.2, 0) is 4.79 Å². The zero-order chi connectivity index (χ0) is 15.2. The molecule has 0 aromatic heterocycles. The summed E-state index contributed by atoms with van der Waals surface area (Å²) >= 11 is 6.14. The molecule has 0 heterocycles. The van der Waals surface area contributed by atoms with E-state index in [1.165, 1.54) is 6.08 Å². The topological polar surface area (TPSA) is 55.8 Å². The summed E-state index contributed by atoms with van der Waals surface area (Å²) in [5, 5.41) is 8.98. The Hall–Kier alpha value is -2.46. The first-order valence-corrected chi connectivity index (χ1v) is 6.49. The molecule has 0 aliphatic heterocycles. The van der Waals surface area contributed by atoms with Crippen LogP contribution in [0.2, 0.25) is 5.02 Å².